The number of hydrogen-bond acceptors (Lipinski definition) is 5. The number of nitriles is 1. The van der Waals surface area contributed by atoms with Crippen LogP contribution in [0.1, 0.15) is 16.1 Å². The van der Waals surface area contributed by atoms with Gasteiger partial charge >= 0.3 is 0 Å². The van der Waals surface area contributed by atoms with Crippen LogP contribution < -0.4 is 5.43 Å². The van der Waals surface area contributed by atoms with E-state index in [1.165, 1.54) is 29.2 Å². The first-order valence-corrected chi connectivity index (χ1v) is 9.19. The zero-order valence-electron chi connectivity index (χ0n) is 14.5. The smallest absolute Gasteiger partial charge is 0.199 e. The fourth-order valence-electron chi connectivity index (χ4n) is 2.74. The van der Waals surface area contributed by atoms with Gasteiger partial charge in [0.25, 0.3) is 0 Å². The van der Waals surface area contributed by atoms with E-state index in [9.17, 15) is 10.1 Å². The Labute approximate surface area is 159 Å². The molecule has 4 rings (SSSR count). The predicted octanol–water partition coefficient (Wildman–Crippen LogP) is 5.29. The van der Waals surface area contributed by atoms with E-state index in [-0.39, 0.29) is 5.43 Å². The number of thiazole rings is 1. The van der Waals surface area contributed by atoms with Gasteiger partial charge in [0.05, 0.1) is 22.2 Å². The Balaban J connectivity index is 1.75. The Morgan fingerprint density at radius 2 is 1.96 bits per heavy atom. The van der Waals surface area contributed by atoms with Crippen LogP contribution in [0.2, 0.25) is 0 Å². The molecule has 4 nitrogen and oxygen atoms in total. The van der Waals surface area contributed by atoms with Gasteiger partial charge in [0.15, 0.2) is 5.43 Å². The van der Waals surface area contributed by atoms with Gasteiger partial charge in [-0.15, -0.1) is 11.3 Å². The molecular formula is C22H14N2O2S. The highest BCUT2D eigenvalue weighted by Crippen LogP contribution is 2.27. The Bertz CT molecular complexity index is 1260. The van der Waals surface area contributed by atoms with E-state index in [4.69, 9.17) is 4.42 Å². The molecule has 0 aliphatic heterocycles. The van der Waals surface area contributed by atoms with Gasteiger partial charge < -0.3 is 4.42 Å². The molecule has 0 spiro atoms. The summed E-state index contributed by atoms with van der Waals surface area (Å²) in [6.45, 7) is 2.03. The molecule has 0 atom stereocenters. The Kier molecular flexibility index (Phi) is 4.41. The van der Waals surface area contributed by atoms with Crippen molar-refractivity contribution in [1.82, 2.24) is 4.98 Å². The first-order valence-electron chi connectivity index (χ1n) is 8.31. The van der Waals surface area contributed by atoms with Crippen LogP contribution in [-0.2, 0) is 0 Å². The summed E-state index contributed by atoms with van der Waals surface area (Å²) >= 11 is 1.38. The van der Waals surface area contributed by atoms with Gasteiger partial charge in [0, 0.05) is 10.9 Å². The second-order valence-electron chi connectivity index (χ2n) is 6.09. The maximum Gasteiger partial charge on any atom is 0.199 e. The number of nitrogens with zero attached hydrogens (tertiary/aromatic N) is 2. The average molecular weight is 370 g/mol. The van der Waals surface area contributed by atoms with Crippen molar-refractivity contribution in [3.8, 4) is 17.3 Å². The van der Waals surface area contributed by atoms with Gasteiger partial charge in [-0.1, -0.05) is 42.0 Å². The molecule has 2 aromatic heterocycles. The van der Waals surface area contributed by atoms with Crippen molar-refractivity contribution in [3.05, 3.63) is 86.5 Å². The van der Waals surface area contributed by atoms with E-state index >= 15 is 0 Å². The molecule has 0 fully saturated rings. The predicted molar refractivity (Wildman–Crippen MR) is 108 cm³/mol. The Hall–Kier alpha value is -3.49. The van der Waals surface area contributed by atoms with E-state index in [1.807, 2.05) is 42.6 Å². The summed E-state index contributed by atoms with van der Waals surface area (Å²) in [5, 5.41) is 12.5. The minimum absolute atomic E-state index is 0.167. The van der Waals surface area contributed by atoms with Crippen LogP contribution in [0, 0.1) is 18.3 Å². The number of fused-ring (bicyclic) bond motifs is 1. The van der Waals surface area contributed by atoms with E-state index in [1.54, 1.807) is 18.2 Å². The molecule has 0 aliphatic rings. The summed E-state index contributed by atoms with van der Waals surface area (Å²) < 4.78 is 5.52. The van der Waals surface area contributed by atoms with Crippen LogP contribution in [0.4, 0.5) is 0 Å². The topological polar surface area (TPSA) is 66.9 Å². The summed E-state index contributed by atoms with van der Waals surface area (Å²) in [5.74, 6) is 0. The molecule has 0 unspecified atom stereocenters. The third kappa shape index (κ3) is 3.31. The second-order valence-corrected chi connectivity index (χ2v) is 6.95. The number of allylic oxidation sites excluding steroid dienone is 1. The van der Waals surface area contributed by atoms with Crippen molar-refractivity contribution in [3.63, 3.8) is 0 Å². The Morgan fingerprint density at radius 1 is 1.19 bits per heavy atom. The largest absolute Gasteiger partial charge is 0.463 e. The van der Waals surface area contributed by atoms with Gasteiger partial charge in [-0.3, -0.25) is 4.79 Å². The normalized spacial score (nSPS) is 11.5. The third-order valence-corrected chi connectivity index (χ3v) is 5.08. The van der Waals surface area contributed by atoms with Crippen molar-refractivity contribution in [1.29, 1.82) is 5.26 Å². The monoisotopic (exact) mass is 370 g/mol. The van der Waals surface area contributed by atoms with Crippen LogP contribution in [0.3, 0.4) is 0 Å². The van der Waals surface area contributed by atoms with E-state index in [0.29, 0.717) is 27.1 Å². The second kappa shape index (κ2) is 7.02. The maximum absolute atomic E-state index is 12.6. The molecule has 5 heteroatoms. The zero-order valence-corrected chi connectivity index (χ0v) is 15.3. The molecule has 4 aromatic rings. The lowest BCUT2D eigenvalue weighted by Gasteiger charge is -1.99. The lowest BCUT2D eigenvalue weighted by molar-refractivity contribution is 0.601. The van der Waals surface area contributed by atoms with Crippen molar-refractivity contribution < 1.29 is 4.42 Å². The highest BCUT2D eigenvalue weighted by Gasteiger charge is 2.11. The fraction of sp³-hybridized carbons (Fsp3) is 0.0455. The molecular weight excluding hydrogens is 356 g/mol. The minimum Gasteiger partial charge on any atom is -0.463 e. The van der Waals surface area contributed by atoms with E-state index in [2.05, 4.69) is 11.1 Å². The number of rotatable bonds is 3. The lowest BCUT2D eigenvalue weighted by Crippen LogP contribution is -2.04. The molecule has 0 bridgehead atoms. The van der Waals surface area contributed by atoms with Crippen molar-refractivity contribution in [2.75, 3.05) is 0 Å². The first kappa shape index (κ1) is 17.0. The third-order valence-electron chi connectivity index (χ3n) is 4.21. The van der Waals surface area contributed by atoms with Crippen molar-refractivity contribution in [2.24, 2.45) is 0 Å². The summed E-state index contributed by atoms with van der Waals surface area (Å²) in [4.78, 5) is 17.2. The first-order chi connectivity index (χ1) is 13.2. The number of hydrogen-bond donors (Lipinski definition) is 0. The van der Waals surface area contributed by atoms with Gasteiger partial charge in [-0.25, -0.2) is 4.98 Å². The van der Waals surface area contributed by atoms with E-state index in [0.717, 1.165) is 11.3 Å². The molecule has 0 saturated heterocycles. The van der Waals surface area contributed by atoms with E-state index < -0.39 is 0 Å². The van der Waals surface area contributed by atoms with Crippen LogP contribution in [-0.4, -0.2) is 4.98 Å². The van der Waals surface area contributed by atoms with Crippen LogP contribution in [0.25, 0.3) is 33.9 Å². The molecule has 0 N–H and O–H groups in total. The van der Waals surface area contributed by atoms with Gasteiger partial charge in [-0.2, -0.15) is 5.26 Å². The molecule has 0 saturated carbocycles. The summed E-state index contributed by atoms with van der Waals surface area (Å²) in [5.41, 5.74) is 3.99. The molecule has 0 aliphatic carbocycles. The minimum atomic E-state index is -0.167. The number of benzene rings is 2. The highest BCUT2D eigenvalue weighted by atomic mass is 32.1. The van der Waals surface area contributed by atoms with Crippen LogP contribution >= 0.6 is 11.3 Å². The molecule has 27 heavy (non-hydrogen) atoms. The maximum atomic E-state index is 12.6. The standard InChI is InChI=1S/C22H14N2O2S/c1-14-6-8-15(9-7-14)19-13-27-22(24-19)16(11-23)10-17-12-26-20-5-3-2-4-18(20)21(17)25/h2-10,12-13H,1H3. The zero-order chi connectivity index (χ0) is 18.8. The summed E-state index contributed by atoms with van der Waals surface area (Å²) in [7, 11) is 0. The van der Waals surface area contributed by atoms with Gasteiger partial charge in [0.2, 0.25) is 0 Å². The van der Waals surface area contributed by atoms with Gasteiger partial charge in [-0.05, 0) is 25.1 Å². The number of aryl methyl sites for hydroxylation is 1. The SMILES string of the molecule is Cc1ccc(-c2csc(C(C#N)=Cc3coc4ccccc4c3=O)n2)cc1. The summed E-state index contributed by atoms with van der Waals surface area (Å²) in [6.07, 6.45) is 2.92. The molecule has 130 valence electrons. The van der Waals surface area contributed by atoms with Crippen molar-refractivity contribution >= 4 is 34.0 Å². The number of para-hydroxylation sites is 1. The van der Waals surface area contributed by atoms with Crippen molar-refractivity contribution in [2.45, 2.75) is 6.92 Å². The average Bonchev–Trinajstić information content (AvgIpc) is 3.18. The Morgan fingerprint density at radius 3 is 2.74 bits per heavy atom. The summed E-state index contributed by atoms with van der Waals surface area (Å²) in [6, 6.07) is 17.2. The molecule has 2 aromatic carbocycles. The molecule has 2 heterocycles. The van der Waals surface area contributed by atoms with Gasteiger partial charge in [0.1, 0.15) is 22.9 Å². The molecule has 0 radical (unpaired) electrons. The quantitative estimate of drug-likeness (QED) is 0.460. The molecule has 0 amide bonds. The van der Waals surface area contributed by atoms with Crippen LogP contribution in [0.15, 0.2) is 69.4 Å². The highest BCUT2D eigenvalue weighted by molar-refractivity contribution is 7.11. The fourth-order valence-corrected chi connectivity index (χ4v) is 3.54. The lowest BCUT2D eigenvalue weighted by atomic mass is 10.1. The number of aromatic nitrogens is 1. The van der Waals surface area contributed by atoms with Crippen LogP contribution in [0.5, 0.6) is 0 Å².